The summed E-state index contributed by atoms with van der Waals surface area (Å²) in [5, 5.41) is 0. The maximum atomic E-state index is 12.8. The van der Waals surface area contributed by atoms with Crippen LogP contribution in [0.25, 0.3) is 0 Å². The quantitative estimate of drug-likeness (QED) is 0.716. The molecule has 1 aromatic carbocycles. The van der Waals surface area contributed by atoms with Crippen LogP contribution in [0.2, 0.25) is 0 Å². The lowest BCUT2D eigenvalue weighted by Crippen LogP contribution is -2.59. The molecule has 0 saturated carbocycles. The highest BCUT2D eigenvalue weighted by molar-refractivity contribution is 14.1. The number of likely N-dealkylation sites (tertiary alicyclic amines) is 1. The molecule has 20 heavy (non-hydrogen) atoms. The van der Waals surface area contributed by atoms with Crippen LogP contribution in [0.3, 0.4) is 0 Å². The van der Waals surface area contributed by atoms with Crippen LogP contribution >= 0.6 is 22.6 Å². The topological polar surface area (TPSA) is 23.6 Å². The average molecular weight is 398 g/mol. The van der Waals surface area contributed by atoms with Crippen LogP contribution in [0.4, 0.5) is 13.2 Å². The van der Waals surface area contributed by atoms with Crippen molar-refractivity contribution in [3.8, 4) is 0 Å². The maximum Gasteiger partial charge on any atom is 0.417 e. The molecule has 0 aromatic heterocycles. The van der Waals surface area contributed by atoms with Gasteiger partial charge in [0, 0.05) is 28.3 Å². The summed E-state index contributed by atoms with van der Waals surface area (Å²) in [5.74, 6) is -0.343. The monoisotopic (exact) mass is 398 g/mol. The number of hydrogen-bond donors (Lipinski definition) is 0. The summed E-state index contributed by atoms with van der Waals surface area (Å²) < 4.78 is 38.6. The van der Waals surface area contributed by atoms with Crippen molar-refractivity contribution >= 4 is 28.5 Å². The molecule has 0 N–H and O–H groups in total. The lowest BCUT2D eigenvalue weighted by atomic mass is 10.0. The van der Waals surface area contributed by atoms with E-state index in [1.807, 2.05) is 19.0 Å². The molecule has 0 radical (unpaired) electrons. The fourth-order valence-corrected chi connectivity index (χ4v) is 2.65. The Balaban J connectivity index is 2.16. The van der Waals surface area contributed by atoms with Crippen LogP contribution in [-0.2, 0) is 6.18 Å². The third-order valence-electron chi connectivity index (χ3n) is 3.40. The molecule has 1 heterocycles. The largest absolute Gasteiger partial charge is 0.417 e. The van der Waals surface area contributed by atoms with Crippen LogP contribution in [0.1, 0.15) is 15.9 Å². The van der Waals surface area contributed by atoms with Gasteiger partial charge in [-0.3, -0.25) is 4.79 Å². The SMILES string of the molecule is CN(C)C1CN(C(=O)c2ccc(I)c(C(F)(F)F)c2)C1. The van der Waals surface area contributed by atoms with Crippen LogP contribution in [0.5, 0.6) is 0 Å². The van der Waals surface area contributed by atoms with Gasteiger partial charge in [0.15, 0.2) is 0 Å². The molecule has 1 aromatic rings. The van der Waals surface area contributed by atoms with E-state index >= 15 is 0 Å². The summed E-state index contributed by atoms with van der Waals surface area (Å²) in [6, 6.07) is 4.00. The Labute approximate surface area is 128 Å². The van der Waals surface area contributed by atoms with Gasteiger partial charge < -0.3 is 9.80 Å². The highest BCUT2D eigenvalue weighted by atomic mass is 127. The Kier molecular flexibility index (Phi) is 4.29. The number of hydrogen-bond acceptors (Lipinski definition) is 2. The molecule has 0 bridgehead atoms. The number of benzene rings is 1. The lowest BCUT2D eigenvalue weighted by molar-refractivity contribution is -0.138. The Morgan fingerprint density at radius 3 is 2.45 bits per heavy atom. The van der Waals surface area contributed by atoms with Gasteiger partial charge in [0.05, 0.1) is 5.56 Å². The van der Waals surface area contributed by atoms with Gasteiger partial charge in [-0.25, -0.2) is 0 Å². The molecule has 2 rings (SSSR count). The first-order valence-corrected chi connectivity index (χ1v) is 7.10. The van der Waals surface area contributed by atoms with Gasteiger partial charge >= 0.3 is 6.18 Å². The molecule has 1 saturated heterocycles. The summed E-state index contributed by atoms with van der Waals surface area (Å²) in [5.41, 5.74) is -0.663. The van der Waals surface area contributed by atoms with E-state index in [9.17, 15) is 18.0 Å². The second-order valence-corrected chi connectivity index (χ2v) is 6.18. The number of alkyl halides is 3. The third-order valence-corrected chi connectivity index (χ3v) is 4.34. The number of carbonyl (C=O) groups excluding carboxylic acids is 1. The molecule has 0 aliphatic carbocycles. The van der Waals surface area contributed by atoms with Crippen LogP contribution in [0, 0.1) is 3.57 Å². The molecule has 0 unspecified atom stereocenters. The van der Waals surface area contributed by atoms with Gasteiger partial charge in [0.1, 0.15) is 0 Å². The summed E-state index contributed by atoms with van der Waals surface area (Å²) in [7, 11) is 3.83. The molecule has 0 atom stereocenters. The highest BCUT2D eigenvalue weighted by Gasteiger charge is 2.36. The molecule has 1 amide bonds. The first kappa shape index (κ1) is 15.6. The third kappa shape index (κ3) is 3.08. The van der Waals surface area contributed by atoms with E-state index in [4.69, 9.17) is 0 Å². The van der Waals surface area contributed by atoms with Crippen molar-refractivity contribution in [2.24, 2.45) is 0 Å². The van der Waals surface area contributed by atoms with Crippen molar-refractivity contribution in [1.29, 1.82) is 0 Å². The van der Waals surface area contributed by atoms with Crippen LogP contribution in [-0.4, -0.2) is 48.9 Å². The van der Waals surface area contributed by atoms with E-state index in [0.29, 0.717) is 13.1 Å². The number of amides is 1. The molecule has 1 fully saturated rings. The number of rotatable bonds is 2. The van der Waals surface area contributed by atoms with Gasteiger partial charge in [-0.15, -0.1) is 0 Å². The van der Waals surface area contributed by atoms with E-state index in [2.05, 4.69) is 0 Å². The fraction of sp³-hybridized carbons (Fsp3) is 0.462. The lowest BCUT2D eigenvalue weighted by Gasteiger charge is -2.42. The molecule has 1 aliphatic rings. The molecule has 1 aliphatic heterocycles. The number of likely N-dealkylation sites (N-methyl/N-ethyl adjacent to an activating group) is 1. The van der Waals surface area contributed by atoms with Gasteiger partial charge in [0.2, 0.25) is 0 Å². The first-order valence-electron chi connectivity index (χ1n) is 6.02. The Hall–Kier alpha value is -0.830. The zero-order valence-corrected chi connectivity index (χ0v) is 13.2. The minimum atomic E-state index is -4.44. The molecule has 110 valence electrons. The Bertz CT molecular complexity index is 525. The number of halogens is 4. The molecule has 3 nitrogen and oxygen atoms in total. The van der Waals surface area contributed by atoms with Crippen molar-refractivity contribution in [2.45, 2.75) is 12.2 Å². The van der Waals surface area contributed by atoms with Gasteiger partial charge in [0.25, 0.3) is 5.91 Å². The van der Waals surface area contributed by atoms with Crippen molar-refractivity contribution in [3.05, 3.63) is 32.9 Å². The van der Waals surface area contributed by atoms with Gasteiger partial charge in [-0.1, -0.05) is 0 Å². The summed E-state index contributed by atoms with van der Waals surface area (Å²) in [4.78, 5) is 15.7. The Morgan fingerprint density at radius 1 is 1.35 bits per heavy atom. The number of carbonyl (C=O) groups is 1. The molecule has 7 heteroatoms. The van der Waals surface area contributed by atoms with Crippen LogP contribution < -0.4 is 0 Å². The normalized spacial score (nSPS) is 16.4. The first-order chi connectivity index (χ1) is 9.20. The van der Waals surface area contributed by atoms with E-state index in [1.54, 1.807) is 27.5 Å². The van der Waals surface area contributed by atoms with E-state index in [1.165, 1.54) is 12.1 Å². The standard InChI is InChI=1S/C13H14F3IN2O/c1-18(2)9-6-19(7-9)12(20)8-3-4-11(17)10(5-8)13(14,15)16/h3-5,9H,6-7H2,1-2H3. The molecular weight excluding hydrogens is 384 g/mol. The zero-order chi connectivity index (χ0) is 15.1. The van der Waals surface area contributed by atoms with Gasteiger partial charge in [-0.2, -0.15) is 13.2 Å². The van der Waals surface area contributed by atoms with Crippen LogP contribution in [0.15, 0.2) is 18.2 Å². The minimum Gasteiger partial charge on any atom is -0.335 e. The minimum absolute atomic E-state index is 0.0925. The maximum absolute atomic E-state index is 12.8. The van der Waals surface area contributed by atoms with E-state index < -0.39 is 11.7 Å². The smallest absolute Gasteiger partial charge is 0.335 e. The predicted molar refractivity (Wildman–Crippen MR) is 77.5 cm³/mol. The van der Waals surface area contributed by atoms with Crippen molar-refractivity contribution in [3.63, 3.8) is 0 Å². The zero-order valence-electron chi connectivity index (χ0n) is 11.0. The van der Waals surface area contributed by atoms with Gasteiger partial charge in [-0.05, 0) is 54.9 Å². The second-order valence-electron chi connectivity index (χ2n) is 5.02. The van der Waals surface area contributed by atoms with E-state index in [0.717, 1.165) is 6.07 Å². The fourth-order valence-electron chi connectivity index (χ4n) is 2.01. The highest BCUT2D eigenvalue weighted by Crippen LogP contribution is 2.33. The second kappa shape index (κ2) is 5.51. The predicted octanol–water partition coefficient (Wildman–Crippen LogP) is 2.70. The molecular formula is C13H14F3IN2O. The summed E-state index contributed by atoms with van der Waals surface area (Å²) in [6.07, 6.45) is -4.44. The average Bonchev–Trinajstić information content (AvgIpc) is 2.25. The Morgan fingerprint density at radius 2 is 1.95 bits per heavy atom. The summed E-state index contributed by atoms with van der Waals surface area (Å²) in [6.45, 7) is 1.11. The molecule has 0 spiro atoms. The van der Waals surface area contributed by atoms with Crippen molar-refractivity contribution in [1.82, 2.24) is 9.80 Å². The van der Waals surface area contributed by atoms with Crippen molar-refractivity contribution < 1.29 is 18.0 Å². The summed E-state index contributed by atoms with van der Waals surface area (Å²) >= 11 is 1.63. The van der Waals surface area contributed by atoms with Crippen molar-refractivity contribution in [2.75, 3.05) is 27.2 Å². The number of nitrogens with zero attached hydrogens (tertiary/aromatic N) is 2. The van der Waals surface area contributed by atoms with E-state index in [-0.39, 0.29) is 21.1 Å².